The van der Waals surface area contributed by atoms with Gasteiger partial charge in [-0.05, 0) is 22.0 Å². The molecule has 2 rings (SSSR count). The number of nitrogens with zero attached hydrogens (tertiary/aromatic N) is 1. The summed E-state index contributed by atoms with van der Waals surface area (Å²) in [6, 6.07) is 2.93. The first-order chi connectivity index (χ1) is 9.13. The standard InChI is InChI=1S/C12H12BrFN2O2S/c1-18-11-3-9(14)8(13)2-10(11)15-4-12-16-7(5-17)6-19-12/h2-3,6,15,17H,4-5H2,1H3. The van der Waals surface area contributed by atoms with Crippen LogP contribution < -0.4 is 10.1 Å². The van der Waals surface area contributed by atoms with E-state index >= 15 is 0 Å². The molecule has 0 bridgehead atoms. The lowest BCUT2D eigenvalue weighted by Crippen LogP contribution is -2.02. The first-order valence-corrected chi connectivity index (χ1v) is 7.12. The van der Waals surface area contributed by atoms with Gasteiger partial charge in [0.25, 0.3) is 0 Å². The molecule has 4 nitrogen and oxygen atoms in total. The second kappa shape index (κ2) is 6.31. The number of ether oxygens (including phenoxy) is 1. The highest BCUT2D eigenvalue weighted by Gasteiger charge is 2.09. The van der Waals surface area contributed by atoms with Crippen molar-refractivity contribution in [2.24, 2.45) is 0 Å². The van der Waals surface area contributed by atoms with E-state index in [2.05, 4.69) is 26.2 Å². The van der Waals surface area contributed by atoms with Crippen LogP contribution in [0.5, 0.6) is 5.75 Å². The summed E-state index contributed by atoms with van der Waals surface area (Å²) in [4.78, 5) is 4.22. The minimum absolute atomic E-state index is 0.0675. The van der Waals surface area contributed by atoms with Crippen LogP contribution in [0.4, 0.5) is 10.1 Å². The van der Waals surface area contributed by atoms with Crippen LogP contribution in [0.25, 0.3) is 0 Å². The molecule has 0 amide bonds. The van der Waals surface area contributed by atoms with Crippen molar-refractivity contribution < 1.29 is 14.2 Å². The van der Waals surface area contributed by atoms with Crippen LogP contribution in [-0.2, 0) is 13.2 Å². The van der Waals surface area contributed by atoms with Gasteiger partial charge in [-0.15, -0.1) is 11.3 Å². The summed E-state index contributed by atoms with van der Waals surface area (Å²) in [6.45, 7) is 0.418. The fourth-order valence-corrected chi connectivity index (χ4v) is 2.58. The van der Waals surface area contributed by atoms with Crippen molar-refractivity contribution in [3.63, 3.8) is 0 Å². The fourth-order valence-electron chi connectivity index (χ4n) is 1.51. The van der Waals surface area contributed by atoms with Gasteiger partial charge in [-0.2, -0.15) is 0 Å². The Kier molecular flexibility index (Phi) is 4.73. The Morgan fingerprint density at radius 2 is 2.32 bits per heavy atom. The average molecular weight is 347 g/mol. The van der Waals surface area contributed by atoms with Crippen LogP contribution in [0.15, 0.2) is 22.0 Å². The highest BCUT2D eigenvalue weighted by molar-refractivity contribution is 9.10. The third-order valence-corrected chi connectivity index (χ3v) is 3.94. The summed E-state index contributed by atoms with van der Waals surface area (Å²) >= 11 is 4.59. The summed E-state index contributed by atoms with van der Waals surface area (Å²) in [7, 11) is 1.49. The van der Waals surface area contributed by atoms with Crippen LogP contribution in [0, 0.1) is 5.82 Å². The first-order valence-electron chi connectivity index (χ1n) is 5.45. The Balaban J connectivity index is 2.12. The largest absolute Gasteiger partial charge is 0.494 e. The van der Waals surface area contributed by atoms with Gasteiger partial charge in [-0.1, -0.05) is 0 Å². The van der Waals surface area contributed by atoms with E-state index in [0.717, 1.165) is 5.01 Å². The number of anilines is 1. The van der Waals surface area contributed by atoms with Crippen LogP contribution in [-0.4, -0.2) is 17.2 Å². The second-order valence-electron chi connectivity index (χ2n) is 3.71. The van der Waals surface area contributed by atoms with E-state index in [-0.39, 0.29) is 12.4 Å². The molecule has 2 aromatic rings. The quantitative estimate of drug-likeness (QED) is 0.873. The van der Waals surface area contributed by atoms with Crippen molar-refractivity contribution in [1.29, 1.82) is 0 Å². The van der Waals surface area contributed by atoms with Crippen molar-refractivity contribution in [2.45, 2.75) is 13.2 Å². The van der Waals surface area contributed by atoms with Gasteiger partial charge in [-0.25, -0.2) is 9.37 Å². The van der Waals surface area contributed by atoms with E-state index in [1.165, 1.54) is 24.5 Å². The van der Waals surface area contributed by atoms with Gasteiger partial charge in [0.05, 0.1) is 36.1 Å². The van der Waals surface area contributed by atoms with Crippen LogP contribution in [0.3, 0.4) is 0 Å². The van der Waals surface area contributed by atoms with Crippen molar-refractivity contribution >= 4 is 33.0 Å². The minimum Gasteiger partial charge on any atom is -0.494 e. The molecule has 19 heavy (non-hydrogen) atoms. The number of methoxy groups -OCH3 is 1. The number of aliphatic hydroxyl groups excluding tert-OH is 1. The highest BCUT2D eigenvalue weighted by Crippen LogP contribution is 2.31. The van der Waals surface area contributed by atoms with Crippen molar-refractivity contribution in [1.82, 2.24) is 4.98 Å². The molecule has 1 aromatic heterocycles. The minimum atomic E-state index is -0.376. The molecular formula is C12H12BrFN2O2S. The van der Waals surface area contributed by atoms with Crippen LogP contribution >= 0.6 is 27.3 Å². The van der Waals surface area contributed by atoms with Gasteiger partial charge in [0.2, 0.25) is 0 Å². The highest BCUT2D eigenvalue weighted by atomic mass is 79.9. The maximum atomic E-state index is 13.4. The van der Waals surface area contributed by atoms with Crippen LogP contribution in [0.1, 0.15) is 10.7 Å². The molecule has 1 heterocycles. The maximum Gasteiger partial charge on any atom is 0.144 e. The summed E-state index contributed by atoms with van der Waals surface area (Å²) < 4.78 is 18.8. The van der Waals surface area contributed by atoms with E-state index in [1.54, 1.807) is 11.4 Å². The third-order valence-electron chi connectivity index (χ3n) is 2.43. The predicted molar refractivity (Wildman–Crippen MR) is 76.0 cm³/mol. The van der Waals surface area contributed by atoms with E-state index < -0.39 is 0 Å². The molecule has 0 fully saturated rings. The number of rotatable bonds is 5. The molecule has 0 aliphatic heterocycles. The van der Waals surface area contributed by atoms with E-state index in [1.807, 2.05) is 0 Å². The first kappa shape index (κ1) is 14.2. The molecule has 0 aliphatic carbocycles. The molecule has 0 aliphatic rings. The molecule has 7 heteroatoms. The number of aliphatic hydroxyl groups is 1. The van der Waals surface area contributed by atoms with Gasteiger partial charge < -0.3 is 15.2 Å². The lowest BCUT2D eigenvalue weighted by Gasteiger charge is -2.11. The lowest BCUT2D eigenvalue weighted by atomic mass is 10.3. The molecule has 102 valence electrons. The molecule has 0 radical (unpaired) electrons. The van der Waals surface area contributed by atoms with Gasteiger partial charge in [0.1, 0.15) is 16.6 Å². The topological polar surface area (TPSA) is 54.4 Å². The SMILES string of the molecule is COc1cc(F)c(Br)cc1NCc1nc(CO)cs1. The van der Waals surface area contributed by atoms with Gasteiger partial charge in [0.15, 0.2) is 0 Å². The molecule has 0 saturated carbocycles. The summed E-state index contributed by atoms with van der Waals surface area (Å²) in [5.41, 5.74) is 1.32. The smallest absolute Gasteiger partial charge is 0.144 e. The Morgan fingerprint density at radius 3 is 2.95 bits per heavy atom. The third kappa shape index (κ3) is 3.43. The van der Waals surface area contributed by atoms with Crippen molar-refractivity contribution in [3.05, 3.63) is 38.5 Å². The predicted octanol–water partition coefficient (Wildman–Crippen LogP) is 3.16. The van der Waals surface area contributed by atoms with Gasteiger partial charge in [-0.3, -0.25) is 0 Å². The number of halogens is 2. The van der Waals surface area contributed by atoms with Crippen molar-refractivity contribution in [2.75, 3.05) is 12.4 Å². The van der Waals surface area contributed by atoms with Gasteiger partial charge in [0, 0.05) is 11.4 Å². The molecule has 0 spiro atoms. The molecule has 1 aromatic carbocycles. The van der Waals surface area contributed by atoms with E-state index in [4.69, 9.17) is 9.84 Å². The number of thiazole rings is 1. The zero-order valence-electron chi connectivity index (χ0n) is 10.1. The monoisotopic (exact) mass is 346 g/mol. The fraction of sp³-hybridized carbons (Fsp3) is 0.250. The summed E-state index contributed by atoms with van der Waals surface area (Å²) in [5, 5.41) is 14.7. The second-order valence-corrected chi connectivity index (χ2v) is 5.51. The number of nitrogens with one attached hydrogen (secondary N) is 1. The molecular weight excluding hydrogens is 335 g/mol. The molecule has 0 unspecified atom stereocenters. The van der Waals surface area contributed by atoms with Crippen molar-refractivity contribution in [3.8, 4) is 5.75 Å². The Labute approximate surface area is 122 Å². The lowest BCUT2D eigenvalue weighted by molar-refractivity contribution is 0.277. The molecule has 0 saturated heterocycles. The van der Waals surface area contributed by atoms with E-state index in [9.17, 15) is 4.39 Å². The van der Waals surface area contributed by atoms with Gasteiger partial charge >= 0.3 is 0 Å². The summed E-state index contributed by atoms with van der Waals surface area (Å²) in [5.74, 6) is 0.0545. The molecule has 0 atom stereocenters. The maximum absolute atomic E-state index is 13.4. The summed E-state index contributed by atoms with van der Waals surface area (Å²) in [6.07, 6.45) is 0. The average Bonchev–Trinajstić information content (AvgIpc) is 2.87. The number of benzene rings is 1. The Bertz CT molecular complexity index is 577. The Hall–Kier alpha value is -1.18. The number of hydrogen-bond donors (Lipinski definition) is 2. The number of hydrogen-bond acceptors (Lipinski definition) is 5. The van der Waals surface area contributed by atoms with Crippen LogP contribution in [0.2, 0.25) is 0 Å². The zero-order valence-corrected chi connectivity index (χ0v) is 12.5. The molecule has 2 N–H and O–H groups in total. The zero-order chi connectivity index (χ0) is 13.8. The normalized spacial score (nSPS) is 10.5. The Morgan fingerprint density at radius 1 is 1.53 bits per heavy atom. The number of aromatic nitrogens is 1. The van der Waals surface area contributed by atoms with E-state index in [0.29, 0.717) is 28.1 Å².